The van der Waals surface area contributed by atoms with E-state index in [2.05, 4.69) is 5.32 Å². The Kier molecular flexibility index (Phi) is 7.89. The van der Waals surface area contributed by atoms with E-state index >= 15 is 0 Å². The fraction of sp³-hybridized carbons (Fsp3) is 0.192. The van der Waals surface area contributed by atoms with Gasteiger partial charge in [-0.3, -0.25) is 9.59 Å². The predicted molar refractivity (Wildman–Crippen MR) is 120 cm³/mol. The van der Waals surface area contributed by atoms with Gasteiger partial charge in [-0.1, -0.05) is 91.0 Å². The molecule has 0 aliphatic rings. The molecule has 6 heteroatoms. The minimum absolute atomic E-state index is 0.304. The van der Waals surface area contributed by atoms with Crippen molar-refractivity contribution in [3.8, 4) is 0 Å². The quantitative estimate of drug-likeness (QED) is 0.413. The second-order valence-electron chi connectivity index (χ2n) is 7.15. The summed E-state index contributed by atoms with van der Waals surface area (Å²) in [6.07, 6.45) is -0.952. The SMILES string of the molecule is COC(=O)[C@@H](NC(=O)[C@H](OC)c1ccccc1)[C@H](C(=O)c1ccccc1)c1ccccc1. The fourth-order valence-corrected chi connectivity index (χ4v) is 3.59. The molecule has 3 aromatic carbocycles. The smallest absolute Gasteiger partial charge is 0.329 e. The number of carbonyl (C=O) groups is 3. The molecule has 6 nitrogen and oxygen atoms in total. The average Bonchev–Trinajstić information content (AvgIpc) is 2.85. The number of esters is 1. The number of hydrogen-bond acceptors (Lipinski definition) is 5. The van der Waals surface area contributed by atoms with E-state index in [0.29, 0.717) is 16.7 Å². The van der Waals surface area contributed by atoms with Gasteiger partial charge in [-0.05, 0) is 11.1 Å². The molecule has 3 rings (SSSR count). The lowest BCUT2D eigenvalue weighted by molar-refractivity contribution is -0.147. The Hall–Kier alpha value is -3.77. The molecule has 1 N–H and O–H groups in total. The third-order valence-corrected chi connectivity index (χ3v) is 5.16. The zero-order chi connectivity index (χ0) is 22.9. The summed E-state index contributed by atoms with van der Waals surface area (Å²) < 4.78 is 10.4. The summed E-state index contributed by atoms with van der Waals surface area (Å²) in [6, 6.07) is 25.2. The molecule has 0 aromatic heterocycles. The number of amides is 1. The van der Waals surface area contributed by atoms with Crippen LogP contribution in [0.4, 0.5) is 0 Å². The lowest BCUT2D eigenvalue weighted by atomic mass is 9.84. The Labute approximate surface area is 187 Å². The van der Waals surface area contributed by atoms with Crippen molar-refractivity contribution >= 4 is 17.7 Å². The molecule has 3 aromatic rings. The lowest BCUT2D eigenvalue weighted by Gasteiger charge is -2.27. The van der Waals surface area contributed by atoms with E-state index in [9.17, 15) is 14.4 Å². The Morgan fingerprint density at radius 1 is 0.719 bits per heavy atom. The van der Waals surface area contributed by atoms with E-state index in [0.717, 1.165) is 0 Å². The van der Waals surface area contributed by atoms with Crippen LogP contribution >= 0.6 is 0 Å². The summed E-state index contributed by atoms with van der Waals surface area (Å²) in [5.74, 6) is -2.56. The number of Topliss-reactive ketones (excluding diaryl/α,β-unsaturated/α-hetero) is 1. The molecule has 0 aliphatic heterocycles. The van der Waals surface area contributed by atoms with E-state index in [4.69, 9.17) is 9.47 Å². The fourth-order valence-electron chi connectivity index (χ4n) is 3.59. The highest BCUT2D eigenvalue weighted by Gasteiger charge is 2.38. The topological polar surface area (TPSA) is 81.7 Å². The lowest BCUT2D eigenvalue weighted by Crippen LogP contribution is -2.49. The van der Waals surface area contributed by atoms with Crippen molar-refractivity contribution in [2.75, 3.05) is 14.2 Å². The number of methoxy groups -OCH3 is 2. The van der Waals surface area contributed by atoms with Crippen molar-refractivity contribution in [2.24, 2.45) is 0 Å². The van der Waals surface area contributed by atoms with Crippen LogP contribution in [0.1, 0.15) is 33.5 Å². The molecule has 32 heavy (non-hydrogen) atoms. The zero-order valence-corrected chi connectivity index (χ0v) is 17.9. The maximum atomic E-state index is 13.5. The van der Waals surface area contributed by atoms with Crippen LogP contribution < -0.4 is 5.32 Å². The standard InChI is InChI=1S/C26H25NO5/c1-31-24(20-16-10-5-11-17-20)25(29)27-22(26(30)32-2)21(18-12-6-3-7-13-18)23(28)19-14-8-4-9-15-19/h3-17,21-22,24H,1-2H3,(H,27,29)/t21-,22+,24-/m1/s1. The first-order chi connectivity index (χ1) is 15.6. The van der Waals surface area contributed by atoms with Crippen molar-refractivity contribution in [2.45, 2.75) is 18.1 Å². The monoisotopic (exact) mass is 431 g/mol. The molecular formula is C26H25NO5. The first-order valence-electron chi connectivity index (χ1n) is 10.2. The van der Waals surface area contributed by atoms with Gasteiger partial charge in [0.2, 0.25) is 0 Å². The molecule has 0 unspecified atom stereocenters. The van der Waals surface area contributed by atoms with Crippen LogP contribution in [0.5, 0.6) is 0 Å². The highest BCUT2D eigenvalue weighted by Crippen LogP contribution is 2.27. The zero-order valence-electron chi connectivity index (χ0n) is 17.9. The highest BCUT2D eigenvalue weighted by molar-refractivity contribution is 6.05. The predicted octanol–water partition coefficient (Wildman–Crippen LogP) is 3.70. The molecule has 0 saturated carbocycles. The second kappa shape index (κ2) is 11.0. The second-order valence-corrected chi connectivity index (χ2v) is 7.15. The number of ketones is 1. The third-order valence-electron chi connectivity index (χ3n) is 5.16. The van der Waals surface area contributed by atoms with Crippen LogP contribution in [0.25, 0.3) is 0 Å². The van der Waals surface area contributed by atoms with Crippen molar-refractivity contribution in [3.63, 3.8) is 0 Å². The molecule has 0 heterocycles. The van der Waals surface area contributed by atoms with Gasteiger partial charge >= 0.3 is 5.97 Å². The molecule has 0 aliphatic carbocycles. The van der Waals surface area contributed by atoms with Crippen molar-refractivity contribution in [1.29, 1.82) is 0 Å². The van der Waals surface area contributed by atoms with Crippen LogP contribution in [0.3, 0.4) is 0 Å². The molecule has 0 saturated heterocycles. The molecule has 1 amide bonds. The van der Waals surface area contributed by atoms with Gasteiger partial charge in [0.05, 0.1) is 13.0 Å². The molecule has 0 fully saturated rings. The maximum Gasteiger partial charge on any atom is 0.329 e. The van der Waals surface area contributed by atoms with E-state index in [1.54, 1.807) is 78.9 Å². The van der Waals surface area contributed by atoms with Gasteiger partial charge in [0.1, 0.15) is 6.04 Å². The average molecular weight is 431 g/mol. The van der Waals surface area contributed by atoms with Crippen LogP contribution in [0, 0.1) is 0 Å². The number of rotatable bonds is 9. The first kappa shape index (κ1) is 22.9. The minimum Gasteiger partial charge on any atom is -0.467 e. The maximum absolute atomic E-state index is 13.5. The van der Waals surface area contributed by atoms with Gasteiger partial charge < -0.3 is 14.8 Å². The highest BCUT2D eigenvalue weighted by atomic mass is 16.5. The minimum atomic E-state index is -1.25. The molecule has 0 spiro atoms. The van der Waals surface area contributed by atoms with Gasteiger partial charge in [0.25, 0.3) is 5.91 Å². The van der Waals surface area contributed by atoms with E-state index in [1.807, 2.05) is 12.1 Å². The Balaban J connectivity index is 2.00. The first-order valence-corrected chi connectivity index (χ1v) is 10.2. The van der Waals surface area contributed by atoms with E-state index in [-0.39, 0.29) is 5.78 Å². The van der Waals surface area contributed by atoms with Crippen LogP contribution in [-0.2, 0) is 19.1 Å². The summed E-state index contributed by atoms with van der Waals surface area (Å²) >= 11 is 0. The summed E-state index contributed by atoms with van der Waals surface area (Å²) in [6.45, 7) is 0. The summed E-state index contributed by atoms with van der Waals surface area (Å²) in [5, 5.41) is 2.71. The number of carbonyl (C=O) groups excluding carboxylic acids is 3. The summed E-state index contributed by atoms with van der Waals surface area (Å²) in [7, 11) is 2.63. The molecule has 3 atom stereocenters. The van der Waals surface area contributed by atoms with Crippen molar-refractivity contribution in [3.05, 3.63) is 108 Å². The van der Waals surface area contributed by atoms with Crippen LogP contribution in [0.2, 0.25) is 0 Å². The number of ether oxygens (including phenoxy) is 2. The van der Waals surface area contributed by atoms with Gasteiger partial charge in [-0.2, -0.15) is 0 Å². The van der Waals surface area contributed by atoms with Crippen molar-refractivity contribution in [1.82, 2.24) is 5.32 Å². The number of benzene rings is 3. The van der Waals surface area contributed by atoms with E-state index in [1.165, 1.54) is 14.2 Å². The van der Waals surface area contributed by atoms with Gasteiger partial charge in [0, 0.05) is 12.7 Å². The Morgan fingerprint density at radius 3 is 1.72 bits per heavy atom. The summed E-state index contributed by atoms with van der Waals surface area (Å²) in [4.78, 5) is 39.5. The van der Waals surface area contributed by atoms with E-state index < -0.39 is 29.9 Å². The molecular weight excluding hydrogens is 406 g/mol. The number of nitrogens with one attached hydrogen (secondary N) is 1. The van der Waals surface area contributed by atoms with Crippen LogP contribution in [0.15, 0.2) is 91.0 Å². The largest absolute Gasteiger partial charge is 0.467 e. The van der Waals surface area contributed by atoms with Gasteiger partial charge in [-0.15, -0.1) is 0 Å². The Bertz CT molecular complexity index is 1040. The molecule has 0 bridgehead atoms. The van der Waals surface area contributed by atoms with Crippen LogP contribution in [-0.4, -0.2) is 37.9 Å². The van der Waals surface area contributed by atoms with Gasteiger partial charge in [-0.25, -0.2) is 4.79 Å². The Morgan fingerprint density at radius 2 is 1.22 bits per heavy atom. The summed E-state index contributed by atoms with van der Waals surface area (Å²) in [5.41, 5.74) is 1.64. The third kappa shape index (κ3) is 5.28. The van der Waals surface area contributed by atoms with Crippen molar-refractivity contribution < 1.29 is 23.9 Å². The molecule has 164 valence electrons. The molecule has 0 radical (unpaired) electrons. The number of hydrogen-bond donors (Lipinski definition) is 1. The normalized spacial score (nSPS) is 13.4. The van der Waals surface area contributed by atoms with Gasteiger partial charge in [0.15, 0.2) is 11.9 Å².